The van der Waals surface area contributed by atoms with Crippen molar-refractivity contribution in [2.24, 2.45) is 5.92 Å². The van der Waals surface area contributed by atoms with Gasteiger partial charge in [-0.3, -0.25) is 9.36 Å². The molecule has 0 aliphatic carbocycles. The topological polar surface area (TPSA) is 118 Å². The van der Waals surface area contributed by atoms with Gasteiger partial charge in [-0.05, 0) is 59.9 Å². The molecule has 0 spiro atoms. The minimum absolute atomic E-state index is 0.162. The number of hydrogen-bond acceptors (Lipinski definition) is 4. The van der Waals surface area contributed by atoms with Crippen molar-refractivity contribution >= 4 is 24.5 Å². The van der Waals surface area contributed by atoms with E-state index in [0.29, 0.717) is 29.7 Å². The standard InChI is InChI=1S/C30H27FNO6P/c31-21-9-6-10-22(18-21)32-29(25(30(32)35)15-16-26(33)19-7-2-1-3-8-19)24-14-13-20(17-27(24)34)23-11-4-5-12-28(23)39(36,37)38/h1-14,17-18,25-26,29,33-34H,15-16H2,(H2,36,37,38)/t25-,26+,29-/m1/s1. The van der Waals surface area contributed by atoms with E-state index in [4.69, 9.17) is 0 Å². The van der Waals surface area contributed by atoms with Gasteiger partial charge in [-0.2, -0.15) is 0 Å². The zero-order valence-electron chi connectivity index (χ0n) is 20.8. The van der Waals surface area contributed by atoms with Gasteiger partial charge in [0.2, 0.25) is 5.91 Å². The summed E-state index contributed by atoms with van der Waals surface area (Å²) in [6, 6.07) is 24.9. The van der Waals surface area contributed by atoms with Crippen LogP contribution in [-0.4, -0.2) is 25.9 Å². The molecule has 4 N–H and O–H groups in total. The predicted molar refractivity (Wildman–Crippen MR) is 146 cm³/mol. The third-order valence-electron chi connectivity index (χ3n) is 7.11. The van der Waals surface area contributed by atoms with Crippen LogP contribution in [0.2, 0.25) is 0 Å². The first kappa shape index (κ1) is 26.8. The summed E-state index contributed by atoms with van der Waals surface area (Å²) in [5, 5.41) is 21.6. The number of aromatic hydroxyl groups is 1. The highest BCUT2D eigenvalue weighted by atomic mass is 31.2. The summed E-state index contributed by atoms with van der Waals surface area (Å²) in [6.07, 6.45) is -0.140. The number of phenolic OH excluding ortho intramolecular Hbond substituents is 1. The number of anilines is 1. The number of carbonyl (C=O) groups excluding carboxylic acids is 1. The Labute approximate surface area is 225 Å². The second-order valence-electron chi connectivity index (χ2n) is 9.58. The quantitative estimate of drug-likeness (QED) is 0.178. The van der Waals surface area contributed by atoms with Crippen LogP contribution in [0.3, 0.4) is 0 Å². The van der Waals surface area contributed by atoms with Crippen LogP contribution in [0.1, 0.15) is 36.1 Å². The first-order valence-corrected chi connectivity index (χ1v) is 14.1. The highest BCUT2D eigenvalue weighted by molar-refractivity contribution is 7.60. The summed E-state index contributed by atoms with van der Waals surface area (Å²) >= 11 is 0. The lowest BCUT2D eigenvalue weighted by Crippen LogP contribution is -2.55. The average Bonchev–Trinajstić information content (AvgIpc) is 2.92. The van der Waals surface area contributed by atoms with Crippen LogP contribution in [0.5, 0.6) is 5.75 Å². The molecule has 1 amide bonds. The molecule has 0 aromatic heterocycles. The molecule has 1 fully saturated rings. The molecule has 0 radical (unpaired) electrons. The number of hydrogen-bond donors (Lipinski definition) is 4. The van der Waals surface area contributed by atoms with E-state index < -0.39 is 31.5 Å². The number of rotatable bonds is 8. The third-order valence-corrected chi connectivity index (χ3v) is 8.13. The molecule has 1 saturated heterocycles. The molecule has 39 heavy (non-hydrogen) atoms. The number of β-lactam (4-membered cyclic amide) rings is 1. The molecule has 1 aliphatic heterocycles. The van der Waals surface area contributed by atoms with Gasteiger partial charge in [0, 0.05) is 11.3 Å². The number of aliphatic hydroxyl groups is 1. The van der Waals surface area contributed by atoms with Crippen LogP contribution in [0.25, 0.3) is 11.1 Å². The van der Waals surface area contributed by atoms with Crippen molar-refractivity contribution in [3.8, 4) is 16.9 Å². The Morgan fingerprint density at radius 3 is 2.31 bits per heavy atom. The first-order chi connectivity index (χ1) is 18.6. The fraction of sp³-hybridized carbons (Fsp3) is 0.167. The Morgan fingerprint density at radius 2 is 1.62 bits per heavy atom. The van der Waals surface area contributed by atoms with Crippen molar-refractivity contribution in [1.82, 2.24) is 0 Å². The molecule has 7 nitrogen and oxygen atoms in total. The lowest BCUT2D eigenvalue weighted by atomic mass is 9.77. The summed E-state index contributed by atoms with van der Waals surface area (Å²) in [7, 11) is -4.57. The number of halogens is 1. The van der Waals surface area contributed by atoms with Gasteiger partial charge >= 0.3 is 7.60 Å². The lowest BCUT2D eigenvalue weighted by Gasteiger charge is -2.48. The van der Waals surface area contributed by atoms with Crippen LogP contribution in [-0.2, 0) is 9.36 Å². The monoisotopic (exact) mass is 547 g/mol. The van der Waals surface area contributed by atoms with E-state index in [1.807, 2.05) is 30.3 Å². The first-order valence-electron chi connectivity index (χ1n) is 12.4. The van der Waals surface area contributed by atoms with Gasteiger partial charge in [-0.25, -0.2) is 4.39 Å². The summed E-state index contributed by atoms with van der Waals surface area (Å²) in [5.41, 5.74) is 2.17. The summed E-state index contributed by atoms with van der Waals surface area (Å²) in [6.45, 7) is 0. The SMILES string of the molecule is O=C1[C@H](CC[C@H](O)c2ccccc2)[C@@H](c2ccc(-c3ccccc3P(=O)(O)O)cc2O)N1c1cccc(F)c1. The Morgan fingerprint density at radius 1 is 0.897 bits per heavy atom. The molecule has 3 atom stereocenters. The van der Waals surface area contributed by atoms with Gasteiger partial charge in [0.05, 0.1) is 23.4 Å². The van der Waals surface area contributed by atoms with Gasteiger partial charge < -0.3 is 24.9 Å². The summed E-state index contributed by atoms with van der Waals surface area (Å²) in [4.78, 5) is 34.3. The molecule has 5 rings (SSSR count). The average molecular weight is 548 g/mol. The maximum atomic E-state index is 14.1. The van der Waals surface area contributed by atoms with Crippen molar-refractivity contribution in [1.29, 1.82) is 0 Å². The zero-order chi connectivity index (χ0) is 27.7. The van der Waals surface area contributed by atoms with Gasteiger partial charge in [-0.15, -0.1) is 0 Å². The Hall–Kier alpha value is -3.81. The molecule has 0 bridgehead atoms. The van der Waals surface area contributed by atoms with Crippen molar-refractivity contribution in [3.05, 3.63) is 114 Å². The number of amides is 1. The van der Waals surface area contributed by atoms with Crippen molar-refractivity contribution in [3.63, 3.8) is 0 Å². The van der Waals surface area contributed by atoms with Crippen LogP contribution in [0.4, 0.5) is 10.1 Å². The van der Waals surface area contributed by atoms with Gasteiger partial charge in [0.15, 0.2) is 0 Å². The molecule has 0 saturated carbocycles. The third kappa shape index (κ3) is 5.37. The second kappa shape index (κ2) is 10.8. The Balaban J connectivity index is 1.49. The van der Waals surface area contributed by atoms with E-state index >= 15 is 0 Å². The molecule has 1 heterocycles. The Kier molecular flexibility index (Phi) is 7.38. The minimum Gasteiger partial charge on any atom is -0.508 e. The fourth-order valence-corrected chi connectivity index (χ4v) is 6.01. The highest BCUT2D eigenvalue weighted by Gasteiger charge is 2.49. The number of benzene rings is 4. The molecule has 4 aromatic carbocycles. The highest BCUT2D eigenvalue weighted by Crippen LogP contribution is 2.49. The van der Waals surface area contributed by atoms with E-state index in [9.17, 15) is 33.7 Å². The lowest BCUT2D eigenvalue weighted by molar-refractivity contribution is -0.131. The van der Waals surface area contributed by atoms with Crippen molar-refractivity contribution in [2.45, 2.75) is 25.0 Å². The minimum atomic E-state index is -4.57. The molecule has 4 aromatic rings. The van der Waals surface area contributed by atoms with Crippen molar-refractivity contribution < 1.29 is 33.7 Å². The van der Waals surface area contributed by atoms with Crippen LogP contribution < -0.4 is 10.2 Å². The molecule has 200 valence electrons. The van der Waals surface area contributed by atoms with Crippen LogP contribution in [0.15, 0.2) is 97.1 Å². The van der Waals surface area contributed by atoms with Crippen LogP contribution in [0, 0.1) is 11.7 Å². The largest absolute Gasteiger partial charge is 0.508 e. The smallest absolute Gasteiger partial charge is 0.356 e. The van der Waals surface area contributed by atoms with E-state index in [1.165, 1.54) is 41.3 Å². The number of carbonyl (C=O) groups is 1. The number of phenols is 1. The van der Waals surface area contributed by atoms with Gasteiger partial charge in [0.25, 0.3) is 0 Å². The molecular formula is C30H27FNO6P. The predicted octanol–water partition coefficient (Wildman–Crippen LogP) is 5.22. The van der Waals surface area contributed by atoms with Gasteiger partial charge in [-0.1, -0.05) is 66.7 Å². The summed E-state index contributed by atoms with van der Waals surface area (Å²) < 4.78 is 26.1. The van der Waals surface area contributed by atoms with E-state index in [0.717, 1.165) is 5.56 Å². The molecule has 0 unspecified atom stereocenters. The second-order valence-corrected chi connectivity index (χ2v) is 11.1. The van der Waals surface area contributed by atoms with E-state index in [-0.39, 0.29) is 22.5 Å². The molecule has 9 heteroatoms. The maximum absolute atomic E-state index is 14.1. The van der Waals surface area contributed by atoms with Gasteiger partial charge in [0.1, 0.15) is 11.6 Å². The van der Waals surface area contributed by atoms with E-state index in [2.05, 4.69) is 0 Å². The molecule has 1 aliphatic rings. The van der Waals surface area contributed by atoms with E-state index in [1.54, 1.807) is 30.3 Å². The van der Waals surface area contributed by atoms with Crippen LogP contribution >= 0.6 is 7.60 Å². The normalized spacial score (nSPS) is 18.1. The number of nitrogens with zero attached hydrogens (tertiary/aromatic N) is 1. The number of aliphatic hydroxyl groups excluding tert-OH is 1. The fourth-order valence-electron chi connectivity index (χ4n) is 5.21. The maximum Gasteiger partial charge on any atom is 0.356 e. The molecular weight excluding hydrogens is 520 g/mol. The van der Waals surface area contributed by atoms with Crippen molar-refractivity contribution in [2.75, 3.05) is 4.90 Å². The zero-order valence-corrected chi connectivity index (χ0v) is 21.7. The summed E-state index contributed by atoms with van der Waals surface area (Å²) in [5.74, 6) is -1.50. The Bertz CT molecular complexity index is 1560.